The zero-order valence-electron chi connectivity index (χ0n) is 11.8. The molecule has 0 radical (unpaired) electrons. The molecule has 7 nitrogen and oxygen atoms in total. The molecule has 2 rings (SSSR count). The third-order valence-electron chi connectivity index (χ3n) is 3.62. The average molecular weight is 313 g/mol. The van der Waals surface area contributed by atoms with E-state index < -0.39 is 10.0 Å². The number of benzene rings is 1. The van der Waals surface area contributed by atoms with E-state index in [9.17, 15) is 8.42 Å². The van der Waals surface area contributed by atoms with Crippen LogP contribution in [0.4, 0.5) is 0 Å². The van der Waals surface area contributed by atoms with E-state index >= 15 is 0 Å². The molecule has 0 amide bonds. The Morgan fingerprint density at radius 3 is 2.67 bits per heavy atom. The number of piperidine rings is 1. The second-order valence-corrected chi connectivity index (χ2v) is 6.84. The molecule has 0 spiro atoms. The monoisotopic (exact) mass is 313 g/mol. The molecule has 1 aliphatic heterocycles. The molecule has 0 aromatic heterocycles. The molecule has 1 aromatic carbocycles. The van der Waals surface area contributed by atoms with E-state index in [-0.39, 0.29) is 23.2 Å². The summed E-state index contributed by atoms with van der Waals surface area (Å²) in [6.07, 6.45) is 1.39. The van der Waals surface area contributed by atoms with Gasteiger partial charge in [-0.3, -0.25) is 0 Å². The van der Waals surface area contributed by atoms with E-state index in [4.69, 9.17) is 15.7 Å². The summed E-state index contributed by atoms with van der Waals surface area (Å²) in [4.78, 5) is 0.212. The maximum atomic E-state index is 12.6. The number of amidine groups is 1. The quantitative estimate of drug-likeness (QED) is 0.371. The summed E-state index contributed by atoms with van der Waals surface area (Å²) in [7, 11) is -2.05. The molecule has 21 heavy (non-hydrogen) atoms. The highest BCUT2D eigenvalue weighted by Crippen LogP contribution is 2.25. The van der Waals surface area contributed by atoms with Crippen molar-refractivity contribution < 1.29 is 18.4 Å². The number of ether oxygens (including phenoxy) is 1. The minimum Gasteiger partial charge on any atom is -0.497 e. The highest BCUT2D eigenvalue weighted by Gasteiger charge is 2.31. The molecule has 0 saturated carbocycles. The van der Waals surface area contributed by atoms with Gasteiger partial charge in [0.1, 0.15) is 11.6 Å². The number of hydrogen-bond acceptors (Lipinski definition) is 5. The maximum absolute atomic E-state index is 12.6. The Kier molecular flexibility index (Phi) is 4.69. The Balaban J connectivity index is 2.22. The van der Waals surface area contributed by atoms with Crippen molar-refractivity contribution in [3.63, 3.8) is 0 Å². The molecule has 1 atom stereocenters. The van der Waals surface area contributed by atoms with Gasteiger partial charge >= 0.3 is 0 Å². The van der Waals surface area contributed by atoms with E-state index in [1.165, 1.54) is 23.5 Å². The molecular formula is C13H19N3O4S. The topological polar surface area (TPSA) is 105 Å². The van der Waals surface area contributed by atoms with Crippen LogP contribution < -0.4 is 10.5 Å². The van der Waals surface area contributed by atoms with Crippen molar-refractivity contribution >= 4 is 15.9 Å². The SMILES string of the molecule is COc1ccc(S(=O)(=O)N2CCCC(C(N)=NO)C2)cc1. The second kappa shape index (κ2) is 6.31. The van der Waals surface area contributed by atoms with Crippen LogP contribution in [0.5, 0.6) is 5.75 Å². The highest BCUT2D eigenvalue weighted by atomic mass is 32.2. The third kappa shape index (κ3) is 3.27. The normalized spacial score (nSPS) is 21.2. The molecule has 1 unspecified atom stereocenters. The summed E-state index contributed by atoms with van der Waals surface area (Å²) in [5, 5.41) is 11.7. The van der Waals surface area contributed by atoms with Gasteiger partial charge in [-0.1, -0.05) is 5.16 Å². The zero-order chi connectivity index (χ0) is 15.5. The smallest absolute Gasteiger partial charge is 0.243 e. The number of oxime groups is 1. The molecule has 1 saturated heterocycles. The fraction of sp³-hybridized carbons (Fsp3) is 0.462. The van der Waals surface area contributed by atoms with Crippen LogP contribution in [0.3, 0.4) is 0 Å². The molecular weight excluding hydrogens is 294 g/mol. The van der Waals surface area contributed by atoms with Crippen molar-refractivity contribution in [1.82, 2.24) is 4.31 Å². The van der Waals surface area contributed by atoms with E-state index in [1.807, 2.05) is 0 Å². The number of nitrogens with zero attached hydrogens (tertiary/aromatic N) is 2. The number of nitrogens with two attached hydrogens (primary N) is 1. The first-order chi connectivity index (χ1) is 9.98. The molecule has 1 aliphatic rings. The van der Waals surface area contributed by atoms with Crippen LogP contribution in [0.15, 0.2) is 34.3 Å². The van der Waals surface area contributed by atoms with E-state index in [2.05, 4.69) is 5.16 Å². The minimum atomic E-state index is -3.58. The predicted molar refractivity (Wildman–Crippen MR) is 77.9 cm³/mol. The van der Waals surface area contributed by atoms with Crippen molar-refractivity contribution in [2.75, 3.05) is 20.2 Å². The summed E-state index contributed by atoms with van der Waals surface area (Å²) in [5.41, 5.74) is 5.59. The van der Waals surface area contributed by atoms with Crippen LogP contribution in [0.1, 0.15) is 12.8 Å². The molecule has 0 aliphatic carbocycles. The van der Waals surface area contributed by atoms with E-state index in [0.29, 0.717) is 25.1 Å². The Bertz CT molecular complexity index is 613. The molecule has 1 aromatic rings. The van der Waals surface area contributed by atoms with Crippen LogP contribution >= 0.6 is 0 Å². The molecule has 8 heteroatoms. The first-order valence-electron chi connectivity index (χ1n) is 6.60. The lowest BCUT2D eigenvalue weighted by molar-refractivity contribution is 0.287. The van der Waals surface area contributed by atoms with Crippen molar-refractivity contribution in [3.8, 4) is 5.75 Å². The van der Waals surface area contributed by atoms with Gasteiger partial charge < -0.3 is 15.7 Å². The van der Waals surface area contributed by atoms with Crippen LogP contribution in [0, 0.1) is 5.92 Å². The van der Waals surface area contributed by atoms with Gasteiger partial charge in [-0.15, -0.1) is 0 Å². The Labute approximate surface area is 124 Å². The molecule has 0 bridgehead atoms. The second-order valence-electron chi connectivity index (χ2n) is 4.90. The molecule has 1 fully saturated rings. The largest absolute Gasteiger partial charge is 0.497 e. The summed E-state index contributed by atoms with van der Waals surface area (Å²) in [6.45, 7) is 0.661. The first kappa shape index (κ1) is 15.6. The number of methoxy groups -OCH3 is 1. The van der Waals surface area contributed by atoms with Crippen LogP contribution in [0.25, 0.3) is 0 Å². The predicted octanol–water partition coefficient (Wildman–Crippen LogP) is 0.842. The maximum Gasteiger partial charge on any atom is 0.243 e. The van der Waals surface area contributed by atoms with Gasteiger partial charge in [-0.25, -0.2) is 8.42 Å². The van der Waals surface area contributed by atoms with E-state index in [1.54, 1.807) is 12.1 Å². The van der Waals surface area contributed by atoms with Gasteiger partial charge in [0.25, 0.3) is 0 Å². The number of hydrogen-bond donors (Lipinski definition) is 2. The first-order valence-corrected chi connectivity index (χ1v) is 8.04. The van der Waals surface area contributed by atoms with Crippen molar-refractivity contribution in [3.05, 3.63) is 24.3 Å². The fourth-order valence-electron chi connectivity index (χ4n) is 2.38. The summed E-state index contributed by atoms with van der Waals surface area (Å²) in [6, 6.07) is 6.25. The van der Waals surface area contributed by atoms with Gasteiger partial charge in [-0.05, 0) is 37.1 Å². The third-order valence-corrected chi connectivity index (χ3v) is 5.49. The van der Waals surface area contributed by atoms with Gasteiger partial charge in [0, 0.05) is 19.0 Å². The molecule has 1 heterocycles. The Morgan fingerprint density at radius 2 is 2.10 bits per heavy atom. The van der Waals surface area contributed by atoms with Crippen LogP contribution in [-0.4, -0.2) is 44.0 Å². The van der Waals surface area contributed by atoms with Gasteiger partial charge in [0.05, 0.1) is 12.0 Å². The van der Waals surface area contributed by atoms with E-state index in [0.717, 1.165) is 0 Å². The lowest BCUT2D eigenvalue weighted by atomic mass is 9.99. The van der Waals surface area contributed by atoms with Gasteiger partial charge in [0.15, 0.2) is 0 Å². The van der Waals surface area contributed by atoms with Gasteiger partial charge in [-0.2, -0.15) is 4.31 Å². The van der Waals surface area contributed by atoms with Crippen LogP contribution in [0.2, 0.25) is 0 Å². The van der Waals surface area contributed by atoms with Crippen molar-refractivity contribution in [1.29, 1.82) is 0 Å². The highest BCUT2D eigenvalue weighted by molar-refractivity contribution is 7.89. The fourth-order valence-corrected chi connectivity index (χ4v) is 3.90. The molecule has 116 valence electrons. The number of sulfonamides is 1. The Hall–Kier alpha value is -1.80. The van der Waals surface area contributed by atoms with Crippen LogP contribution in [-0.2, 0) is 10.0 Å². The summed E-state index contributed by atoms with van der Waals surface area (Å²) >= 11 is 0. The minimum absolute atomic E-state index is 0.0737. The average Bonchev–Trinajstić information content (AvgIpc) is 2.54. The summed E-state index contributed by atoms with van der Waals surface area (Å²) in [5.74, 6) is 0.420. The van der Waals surface area contributed by atoms with Crippen molar-refractivity contribution in [2.24, 2.45) is 16.8 Å². The Morgan fingerprint density at radius 1 is 1.43 bits per heavy atom. The number of rotatable bonds is 4. The molecule has 3 N–H and O–H groups in total. The zero-order valence-corrected chi connectivity index (χ0v) is 12.6. The lowest BCUT2D eigenvalue weighted by Gasteiger charge is -2.31. The van der Waals surface area contributed by atoms with Crippen molar-refractivity contribution in [2.45, 2.75) is 17.7 Å². The lowest BCUT2D eigenvalue weighted by Crippen LogP contribution is -2.44. The van der Waals surface area contributed by atoms with Gasteiger partial charge in [0.2, 0.25) is 10.0 Å². The standard InChI is InChI=1S/C13H19N3O4S/c1-20-11-4-6-12(7-5-11)21(18,19)16-8-2-3-10(9-16)13(14)15-17/h4-7,10,17H,2-3,8-9H2,1H3,(H2,14,15). The summed E-state index contributed by atoms with van der Waals surface area (Å²) < 4.78 is 31.6.